The minimum atomic E-state index is -3.74. The lowest BCUT2D eigenvalue weighted by atomic mass is 9.97. The zero-order valence-electron chi connectivity index (χ0n) is 15.9. The van der Waals surface area contributed by atoms with Crippen molar-refractivity contribution in [1.82, 2.24) is 8.87 Å². The largest absolute Gasteiger partial charge is 0.364 e. The molecule has 0 radical (unpaired) electrons. The van der Waals surface area contributed by atoms with Crippen LogP contribution < -0.4 is 11.1 Å². The Morgan fingerprint density at radius 2 is 1.86 bits per heavy atom. The number of amides is 2. The number of sulfonamides is 1. The lowest BCUT2D eigenvalue weighted by molar-refractivity contribution is -0.120. The van der Waals surface area contributed by atoms with Gasteiger partial charge in [0.15, 0.2) is 0 Å². The number of hydrogen-bond donors (Lipinski definition) is 2. The van der Waals surface area contributed by atoms with Crippen molar-refractivity contribution in [3.05, 3.63) is 47.8 Å². The normalized spacial score (nSPS) is 16.1. The van der Waals surface area contributed by atoms with Crippen LogP contribution in [-0.4, -0.2) is 42.2 Å². The Kier molecular flexibility index (Phi) is 5.57. The van der Waals surface area contributed by atoms with Crippen LogP contribution in [0.15, 0.2) is 41.4 Å². The molecule has 1 aromatic carbocycles. The number of carbonyl (C=O) groups excluding carboxylic acids is 2. The highest BCUT2D eigenvalue weighted by Gasteiger charge is 2.33. The van der Waals surface area contributed by atoms with Crippen LogP contribution in [0.4, 0.5) is 5.69 Å². The zero-order valence-corrected chi connectivity index (χ0v) is 16.7. The number of aromatic nitrogens is 1. The van der Waals surface area contributed by atoms with Crippen LogP contribution in [-0.2, 0) is 21.9 Å². The fourth-order valence-electron chi connectivity index (χ4n) is 3.39. The average molecular weight is 404 g/mol. The molecule has 0 spiro atoms. The van der Waals surface area contributed by atoms with Crippen LogP contribution in [0.3, 0.4) is 0 Å². The molecule has 150 valence electrons. The van der Waals surface area contributed by atoms with Crippen LogP contribution in [0.1, 0.15) is 28.9 Å². The summed E-state index contributed by atoms with van der Waals surface area (Å²) in [4.78, 5) is 23.9. The molecule has 0 aliphatic carbocycles. The number of carbonyl (C=O) groups is 2. The van der Waals surface area contributed by atoms with Crippen LogP contribution in [0.25, 0.3) is 0 Å². The highest BCUT2D eigenvalue weighted by atomic mass is 32.2. The van der Waals surface area contributed by atoms with Crippen molar-refractivity contribution >= 4 is 27.5 Å². The SMILES string of the molecule is Cc1cccc(NC(=O)C2CCN(S(=O)(=O)c3cc(C(N)=O)n(C)c3)CC2)c1. The number of benzene rings is 1. The predicted octanol–water partition coefficient (Wildman–Crippen LogP) is 1.47. The number of primary amides is 1. The van der Waals surface area contributed by atoms with E-state index in [0.29, 0.717) is 12.8 Å². The van der Waals surface area contributed by atoms with Crippen LogP contribution in [0.5, 0.6) is 0 Å². The van der Waals surface area contributed by atoms with Gasteiger partial charge in [-0.1, -0.05) is 12.1 Å². The molecule has 3 N–H and O–H groups in total. The smallest absolute Gasteiger partial charge is 0.265 e. The predicted molar refractivity (Wildman–Crippen MR) is 105 cm³/mol. The number of nitrogens with two attached hydrogens (primary N) is 1. The molecular formula is C19H24N4O4S. The Labute approximate surface area is 164 Å². The van der Waals surface area contributed by atoms with Crippen molar-refractivity contribution in [3.8, 4) is 0 Å². The first kappa shape index (κ1) is 20.1. The van der Waals surface area contributed by atoms with Crippen molar-refractivity contribution in [2.45, 2.75) is 24.7 Å². The first-order chi connectivity index (χ1) is 13.2. The van der Waals surface area contributed by atoms with Crippen LogP contribution in [0, 0.1) is 12.8 Å². The summed E-state index contributed by atoms with van der Waals surface area (Å²) in [6, 6.07) is 8.83. The van der Waals surface area contributed by atoms with Crippen molar-refractivity contribution < 1.29 is 18.0 Å². The summed E-state index contributed by atoms with van der Waals surface area (Å²) >= 11 is 0. The lowest BCUT2D eigenvalue weighted by Crippen LogP contribution is -2.41. The third-order valence-corrected chi connectivity index (χ3v) is 6.84. The Balaban J connectivity index is 1.65. The fourth-order valence-corrected chi connectivity index (χ4v) is 4.94. The van der Waals surface area contributed by atoms with Crippen molar-refractivity contribution in [2.75, 3.05) is 18.4 Å². The van der Waals surface area contributed by atoms with E-state index < -0.39 is 15.9 Å². The van der Waals surface area contributed by atoms with Gasteiger partial charge in [0.2, 0.25) is 15.9 Å². The van der Waals surface area contributed by atoms with Gasteiger partial charge in [0, 0.05) is 37.9 Å². The van der Waals surface area contributed by atoms with E-state index in [4.69, 9.17) is 5.73 Å². The monoisotopic (exact) mass is 404 g/mol. The van der Waals surface area contributed by atoms with Gasteiger partial charge in [0.05, 0.1) is 0 Å². The summed E-state index contributed by atoms with van der Waals surface area (Å²) in [7, 11) is -2.17. The number of rotatable bonds is 5. The van der Waals surface area contributed by atoms with E-state index >= 15 is 0 Å². The Morgan fingerprint density at radius 3 is 2.43 bits per heavy atom. The van der Waals surface area contributed by atoms with Gasteiger partial charge in [-0.3, -0.25) is 9.59 Å². The van der Waals surface area contributed by atoms with Gasteiger partial charge in [0.1, 0.15) is 10.6 Å². The molecule has 0 atom stereocenters. The van der Waals surface area contributed by atoms with Gasteiger partial charge in [-0.25, -0.2) is 8.42 Å². The molecule has 1 saturated heterocycles. The number of piperidine rings is 1. The quantitative estimate of drug-likeness (QED) is 0.785. The number of anilines is 1. The maximum atomic E-state index is 12.8. The molecule has 1 aromatic heterocycles. The van der Waals surface area contributed by atoms with E-state index in [1.54, 1.807) is 7.05 Å². The first-order valence-electron chi connectivity index (χ1n) is 9.02. The third kappa shape index (κ3) is 4.10. The summed E-state index contributed by atoms with van der Waals surface area (Å²) in [5.41, 5.74) is 7.18. The van der Waals surface area contributed by atoms with Gasteiger partial charge in [-0.2, -0.15) is 4.31 Å². The topological polar surface area (TPSA) is 114 Å². The van der Waals surface area contributed by atoms with Gasteiger partial charge in [-0.05, 0) is 43.5 Å². The van der Waals surface area contributed by atoms with E-state index in [1.807, 2.05) is 31.2 Å². The number of aryl methyl sites for hydroxylation is 2. The molecule has 0 saturated carbocycles. The minimum Gasteiger partial charge on any atom is -0.364 e. The zero-order chi connectivity index (χ0) is 20.5. The molecule has 1 aliphatic rings. The van der Waals surface area contributed by atoms with E-state index in [1.165, 1.54) is 21.1 Å². The molecule has 2 aromatic rings. The average Bonchev–Trinajstić information content (AvgIpc) is 3.05. The van der Waals surface area contributed by atoms with Crippen molar-refractivity contribution in [2.24, 2.45) is 18.7 Å². The summed E-state index contributed by atoms with van der Waals surface area (Å²) in [6.45, 7) is 2.44. The number of nitrogens with zero attached hydrogens (tertiary/aromatic N) is 2. The Morgan fingerprint density at radius 1 is 1.18 bits per heavy atom. The second-order valence-electron chi connectivity index (χ2n) is 7.07. The minimum absolute atomic E-state index is 0.0338. The molecule has 1 aliphatic heterocycles. The van der Waals surface area contributed by atoms with Gasteiger partial charge in [-0.15, -0.1) is 0 Å². The highest BCUT2D eigenvalue weighted by Crippen LogP contribution is 2.26. The molecule has 3 rings (SSSR count). The molecule has 0 unspecified atom stereocenters. The van der Waals surface area contributed by atoms with Crippen LogP contribution in [0.2, 0.25) is 0 Å². The lowest BCUT2D eigenvalue weighted by Gasteiger charge is -2.30. The van der Waals surface area contributed by atoms with Crippen molar-refractivity contribution in [3.63, 3.8) is 0 Å². The maximum Gasteiger partial charge on any atom is 0.265 e. The second-order valence-corrected chi connectivity index (χ2v) is 9.01. The summed E-state index contributed by atoms with van der Waals surface area (Å²) in [5, 5.41) is 2.90. The Hall–Kier alpha value is -2.65. The molecule has 2 amide bonds. The molecule has 0 bridgehead atoms. The Bertz CT molecular complexity index is 1000. The summed E-state index contributed by atoms with van der Waals surface area (Å²) < 4.78 is 28.4. The number of nitrogens with one attached hydrogen (secondary N) is 1. The molecule has 1 fully saturated rings. The summed E-state index contributed by atoms with van der Waals surface area (Å²) in [5.74, 6) is -1.03. The van der Waals surface area contributed by atoms with E-state index in [9.17, 15) is 18.0 Å². The fraction of sp³-hybridized carbons (Fsp3) is 0.368. The van der Waals surface area contributed by atoms with Crippen molar-refractivity contribution in [1.29, 1.82) is 0 Å². The molecule has 2 heterocycles. The van der Waals surface area contributed by atoms with Gasteiger partial charge in [0.25, 0.3) is 5.91 Å². The van der Waals surface area contributed by atoms with E-state index in [0.717, 1.165) is 11.3 Å². The van der Waals surface area contributed by atoms with E-state index in [-0.39, 0.29) is 35.5 Å². The number of hydrogen-bond acceptors (Lipinski definition) is 4. The molecular weight excluding hydrogens is 380 g/mol. The molecule has 8 nitrogen and oxygen atoms in total. The molecule has 28 heavy (non-hydrogen) atoms. The summed E-state index contributed by atoms with van der Waals surface area (Å²) in [6.07, 6.45) is 2.25. The third-order valence-electron chi connectivity index (χ3n) is 4.98. The highest BCUT2D eigenvalue weighted by molar-refractivity contribution is 7.89. The first-order valence-corrected chi connectivity index (χ1v) is 10.5. The van der Waals surface area contributed by atoms with E-state index in [2.05, 4.69) is 5.32 Å². The van der Waals surface area contributed by atoms with Crippen LogP contribution >= 0.6 is 0 Å². The standard InChI is InChI=1S/C19H24N4O4S/c1-13-4-3-5-15(10-13)21-19(25)14-6-8-23(9-7-14)28(26,27)16-11-17(18(20)24)22(2)12-16/h3-5,10-12,14H,6-9H2,1-2H3,(H2,20,24)(H,21,25). The molecule has 9 heteroatoms. The maximum absolute atomic E-state index is 12.8. The van der Waals surface area contributed by atoms with Gasteiger partial charge >= 0.3 is 0 Å². The second kappa shape index (κ2) is 7.76. The van der Waals surface area contributed by atoms with Gasteiger partial charge < -0.3 is 15.6 Å².